The summed E-state index contributed by atoms with van der Waals surface area (Å²) in [6.45, 7) is 7.18. The van der Waals surface area contributed by atoms with Crippen LogP contribution in [0.2, 0.25) is 0 Å². The van der Waals surface area contributed by atoms with Crippen molar-refractivity contribution in [3.8, 4) is 0 Å². The second-order valence-electron chi connectivity index (χ2n) is 2.17. The van der Waals surface area contributed by atoms with Crippen LogP contribution >= 0.6 is 0 Å². The maximum absolute atomic E-state index is 10.5. The Morgan fingerprint density at radius 3 is 2.46 bits per heavy atom. The van der Waals surface area contributed by atoms with Gasteiger partial charge < -0.3 is 9.47 Å². The highest BCUT2D eigenvalue weighted by Gasteiger charge is 1.99. The van der Waals surface area contributed by atoms with Gasteiger partial charge in [-0.25, -0.2) is 4.79 Å². The summed E-state index contributed by atoms with van der Waals surface area (Å²) < 4.78 is 9.66. The minimum absolute atomic E-state index is 0. The molecule has 3 nitrogen and oxygen atoms in total. The zero-order valence-corrected chi connectivity index (χ0v) is 7.00. The number of hydrogen-bond donors (Lipinski definition) is 0. The van der Waals surface area contributed by atoms with E-state index in [1.807, 2.05) is 13.8 Å². The van der Waals surface area contributed by atoms with Crippen LogP contribution in [-0.4, -0.2) is 18.9 Å². The van der Waals surface area contributed by atoms with Gasteiger partial charge in [-0.1, -0.05) is 28.4 Å². The molecular weight excluding hydrogens is 168 g/mol. The molecule has 80 valence electrons. The zero-order chi connectivity index (χ0) is 8.69. The van der Waals surface area contributed by atoms with Crippen LogP contribution in [0.1, 0.15) is 35.1 Å². The van der Waals surface area contributed by atoms with E-state index < -0.39 is 5.97 Å². The maximum Gasteiger partial charge on any atom is 0.332 e. The van der Waals surface area contributed by atoms with Crippen LogP contribution in [0.25, 0.3) is 0 Å². The molecule has 0 aliphatic rings. The molecule has 0 aromatic carbocycles. The van der Waals surface area contributed by atoms with Crippen molar-refractivity contribution in [1.82, 2.24) is 0 Å². The molecule has 3 heteroatoms. The van der Waals surface area contributed by atoms with Crippen LogP contribution in [0, 0.1) is 0 Å². The summed E-state index contributed by atoms with van der Waals surface area (Å²) in [7, 11) is 0. The van der Waals surface area contributed by atoms with Gasteiger partial charge in [-0.05, 0) is 13.3 Å². The van der Waals surface area contributed by atoms with Crippen LogP contribution in [0.15, 0.2) is 12.7 Å². The molecule has 0 saturated carbocycles. The Kier molecular flexibility index (Phi) is 15.5. The van der Waals surface area contributed by atoms with Gasteiger partial charge in [0.2, 0.25) is 0 Å². The van der Waals surface area contributed by atoms with E-state index in [0.717, 1.165) is 12.5 Å². The third kappa shape index (κ3) is 11.2. The van der Waals surface area contributed by atoms with Crippen LogP contribution in [0.3, 0.4) is 0 Å². The van der Waals surface area contributed by atoms with Crippen molar-refractivity contribution in [3.63, 3.8) is 0 Å². The van der Waals surface area contributed by atoms with Crippen molar-refractivity contribution in [2.45, 2.75) is 41.2 Å². The molecule has 1 atom stereocenters. The van der Waals surface area contributed by atoms with Crippen LogP contribution in [0.4, 0.5) is 0 Å². The Morgan fingerprint density at radius 1 is 1.54 bits per heavy atom. The largest absolute Gasteiger partial charge is 0.435 e. The minimum atomic E-state index is -0.451. The smallest absolute Gasteiger partial charge is 0.332 e. The predicted molar refractivity (Wildman–Crippen MR) is 55.5 cm³/mol. The predicted octanol–water partition coefficient (Wildman–Crippen LogP) is 2.76. The lowest BCUT2D eigenvalue weighted by molar-refractivity contribution is -0.154. The SMILES string of the molecule is C.C.C=CC(=O)OCOC(C)CC. The van der Waals surface area contributed by atoms with Gasteiger partial charge in [0.15, 0.2) is 6.79 Å². The molecule has 0 N–H and O–H groups in total. The lowest BCUT2D eigenvalue weighted by Gasteiger charge is -2.09. The second kappa shape index (κ2) is 11.2. The maximum atomic E-state index is 10.5. The van der Waals surface area contributed by atoms with Gasteiger partial charge in [0, 0.05) is 6.08 Å². The number of carbonyl (C=O) groups excluding carboxylic acids is 1. The Balaban J connectivity index is -0.000000500. The third-order valence-corrected chi connectivity index (χ3v) is 1.30. The quantitative estimate of drug-likeness (QED) is 0.380. The number of rotatable bonds is 5. The van der Waals surface area contributed by atoms with E-state index in [1.54, 1.807) is 0 Å². The molecule has 0 aromatic rings. The summed E-state index contributed by atoms with van der Waals surface area (Å²) in [6.07, 6.45) is 2.15. The van der Waals surface area contributed by atoms with Crippen molar-refractivity contribution >= 4 is 5.97 Å². The topological polar surface area (TPSA) is 35.5 Å². The summed E-state index contributed by atoms with van der Waals surface area (Å²) >= 11 is 0. The molecule has 0 fully saturated rings. The number of carbonyl (C=O) groups is 1. The molecule has 0 radical (unpaired) electrons. The minimum Gasteiger partial charge on any atom is -0.435 e. The number of ether oxygens (including phenoxy) is 2. The van der Waals surface area contributed by atoms with Gasteiger partial charge in [-0.2, -0.15) is 0 Å². The summed E-state index contributed by atoms with van der Waals surface area (Å²) in [5, 5.41) is 0. The molecular formula is C10H22O3. The van der Waals surface area contributed by atoms with Gasteiger partial charge >= 0.3 is 5.97 Å². The van der Waals surface area contributed by atoms with E-state index in [4.69, 9.17) is 4.74 Å². The molecule has 13 heavy (non-hydrogen) atoms. The second-order valence-corrected chi connectivity index (χ2v) is 2.17. The van der Waals surface area contributed by atoms with E-state index >= 15 is 0 Å². The fourth-order valence-electron chi connectivity index (χ4n) is 0.385. The first-order valence-electron chi connectivity index (χ1n) is 3.61. The molecule has 0 bridgehead atoms. The van der Waals surface area contributed by atoms with Crippen molar-refractivity contribution < 1.29 is 14.3 Å². The molecule has 0 amide bonds. The van der Waals surface area contributed by atoms with Gasteiger partial charge in [0.25, 0.3) is 0 Å². The summed E-state index contributed by atoms with van der Waals surface area (Å²) in [4.78, 5) is 10.5. The van der Waals surface area contributed by atoms with Gasteiger partial charge in [-0.3, -0.25) is 0 Å². The lowest BCUT2D eigenvalue weighted by Crippen LogP contribution is -2.12. The molecule has 0 rings (SSSR count). The fourth-order valence-corrected chi connectivity index (χ4v) is 0.385. The number of esters is 1. The molecule has 0 heterocycles. The summed E-state index contributed by atoms with van der Waals surface area (Å²) in [6, 6.07) is 0. The first-order valence-corrected chi connectivity index (χ1v) is 3.61. The average molecular weight is 190 g/mol. The first kappa shape index (κ1) is 18.1. The van der Waals surface area contributed by atoms with Crippen LogP contribution < -0.4 is 0 Å². The standard InChI is InChI=1S/C8H14O3.2CH4/c1-4-7(3)10-6-11-8(9)5-2;;/h5,7H,2,4,6H2,1,3H3;2*1H4. The molecule has 0 aliphatic heterocycles. The molecule has 0 aliphatic carbocycles. The first-order chi connectivity index (χ1) is 5.20. The van der Waals surface area contributed by atoms with E-state index in [-0.39, 0.29) is 27.8 Å². The van der Waals surface area contributed by atoms with E-state index in [2.05, 4.69) is 11.3 Å². The average Bonchev–Trinajstić information content (AvgIpc) is 2.04. The molecule has 0 spiro atoms. The van der Waals surface area contributed by atoms with Crippen LogP contribution in [0.5, 0.6) is 0 Å². The lowest BCUT2D eigenvalue weighted by atomic mass is 10.3. The molecule has 0 aromatic heterocycles. The van der Waals surface area contributed by atoms with Gasteiger partial charge in [-0.15, -0.1) is 0 Å². The number of hydrogen-bond acceptors (Lipinski definition) is 3. The van der Waals surface area contributed by atoms with Crippen molar-refractivity contribution in [3.05, 3.63) is 12.7 Å². The highest BCUT2D eigenvalue weighted by molar-refractivity contribution is 5.81. The zero-order valence-electron chi connectivity index (χ0n) is 7.00. The summed E-state index contributed by atoms with van der Waals surface area (Å²) in [5.41, 5.74) is 0. The van der Waals surface area contributed by atoms with Crippen molar-refractivity contribution in [2.75, 3.05) is 6.79 Å². The highest BCUT2D eigenvalue weighted by atomic mass is 16.7. The van der Waals surface area contributed by atoms with E-state index in [0.29, 0.717) is 0 Å². The third-order valence-electron chi connectivity index (χ3n) is 1.30. The fraction of sp³-hybridized carbons (Fsp3) is 0.700. The summed E-state index contributed by atoms with van der Waals surface area (Å²) in [5.74, 6) is -0.451. The van der Waals surface area contributed by atoms with Gasteiger partial charge in [0.05, 0.1) is 6.10 Å². The van der Waals surface area contributed by atoms with Crippen LogP contribution in [-0.2, 0) is 14.3 Å². The monoisotopic (exact) mass is 190 g/mol. The van der Waals surface area contributed by atoms with Crippen molar-refractivity contribution in [2.24, 2.45) is 0 Å². The Morgan fingerprint density at radius 2 is 2.08 bits per heavy atom. The van der Waals surface area contributed by atoms with E-state index in [1.165, 1.54) is 0 Å². The highest BCUT2D eigenvalue weighted by Crippen LogP contribution is 1.95. The molecule has 0 saturated heterocycles. The molecule has 1 unspecified atom stereocenters. The Hall–Kier alpha value is -0.830. The Bertz CT molecular complexity index is 132. The van der Waals surface area contributed by atoms with E-state index in [9.17, 15) is 4.79 Å². The van der Waals surface area contributed by atoms with Crippen molar-refractivity contribution in [1.29, 1.82) is 0 Å². The normalized spacial score (nSPS) is 10.3. The Labute approximate surface area is 81.7 Å². The van der Waals surface area contributed by atoms with Gasteiger partial charge in [0.1, 0.15) is 0 Å².